The van der Waals surface area contributed by atoms with Gasteiger partial charge in [0, 0.05) is 25.1 Å². The molecule has 0 bridgehead atoms. The first-order chi connectivity index (χ1) is 15.7. The molecule has 2 aromatic heterocycles. The molecule has 4 N–H and O–H groups in total. The SMILES string of the molecule is CP(=O)(O)c1ccc(CNc2n[nH]c3c(C(=O)NCc4ccc(F)c(Cl)c4)ncnc23)cc1. The lowest BCUT2D eigenvalue weighted by atomic mass is 10.2. The minimum Gasteiger partial charge on any atom is -0.363 e. The normalized spacial score (nSPS) is 13.0. The maximum atomic E-state index is 13.3. The molecule has 33 heavy (non-hydrogen) atoms. The fraction of sp³-hybridized carbons (Fsp3) is 0.143. The van der Waals surface area contributed by atoms with Crippen molar-refractivity contribution in [2.24, 2.45) is 0 Å². The highest BCUT2D eigenvalue weighted by Gasteiger charge is 2.18. The van der Waals surface area contributed by atoms with Crippen LogP contribution in [0.5, 0.6) is 0 Å². The molecule has 1 amide bonds. The van der Waals surface area contributed by atoms with Crippen LogP contribution in [0.3, 0.4) is 0 Å². The van der Waals surface area contributed by atoms with Crippen molar-refractivity contribution in [3.05, 3.63) is 76.5 Å². The van der Waals surface area contributed by atoms with Crippen molar-refractivity contribution in [1.29, 1.82) is 0 Å². The Kier molecular flexibility index (Phi) is 6.42. The first-order valence-electron chi connectivity index (χ1n) is 9.77. The molecule has 0 radical (unpaired) electrons. The van der Waals surface area contributed by atoms with Gasteiger partial charge >= 0.3 is 0 Å². The van der Waals surface area contributed by atoms with Crippen LogP contribution in [0, 0.1) is 5.82 Å². The number of amides is 1. The fourth-order valence-electron chi connectivity index (χ4n) is 3.12. The van der Waals surface area contributed by atoms with Crippen LogP contribution < -0.4 is 15.9 Å². The van der Waals surface area contributed by atoms with E-state index >= 15 is 0 Å². The van der Waals surface area contributed by atoms with Crippen LogP contribution in [-0.4, -0.2) is 37.6 Å². The molecule has 0 spiro atoms. The highest BCUT2D eigenvalue weighted by atomic mass is 35.5. The molecule has 0 aliphatic heterocycles. The Balaban J connectivity index is 1.46. The summed E-state index contributed by atoms with van der Waals surface area (Å²) in [5.41, 5.74) is 2.41. The van der Waals surface area contributed by atoms with Crippen molar-refractivity contribution >= 4 is 47.0 Å². The standard InChI is InChI=1S/C21H19ClFN6O3P/c1-33(31,32)14-5-2-12(3-6-14)9-24-20-18-17(28-29-20)19(27-11-26-18)21(30)25-10-13-4-7-16(23)15(22)8-13/h2-8,11H,9-10H2,1H3,(H,25,30)(H,31,32)(H2,24,28,29). The van der Waals surface area contributed by atoms with Crippen LogP contribution >= 0.6 is 19.0 Å². The van der Waals surface area contributed by atoms with Crippen molar-refractivity contribution in [1.82, 2.24) is 25.5 Å². The van der Waals surface area contributed by atoms with Crippen molar-refractivity contribution in [3.63, 3.8) is 0 Å². The van der Waals surface area contributed by atoms with Gasteiger partial charge in [0.15, 0.2) is 11.5 Å². The van der Waals surface area contributed by atoms with Gasteiger partial charge in [-0.3, -0.25) is 14.5 Å². The number of benzene rings is 2. The predicted molar refractivity (Wildman–Crippen MR) is 123 cm³/mol. The van der Waals surface area contributed by atoms with Crippen LogP contribution in [0.4, 0.5) is 10.2 Å². The zero-order chi connectivity index (χ0) is 23.6. The Morgan fingerprint density at radius 1 is 1.15 bits per heavy atom. The number of nitrogens with zero attached hydrogens (tertiary/aromatic N) is 3. The van der Waals surface area contributed by atoms with Crippen molar-refractivity contribution < 1.29 is 18.6 Å². The summed E-state index contributed by atoms with van der Waals surface area (Å²) in [6, 6.07) is 10.9. The number of hydrogen-bond donors (Lipinski definition) is 4. The summed E-state index contributed by atoms with van der Waals surface area (Å²) in [5.74, 6) is -0.558. The molecule has 4 rings (SSSR count). The maximum absolute atomic E-state index is 13.3. The molecule has 4 aromatic rings. The van der Waals surface area contributed by atoms with Crippen LogP contribution in [0.1, 0.15) is 21.6 Å². The summed E-state index contributed by atoms with van der Waals surface area (Å²) < 4.78 is 25.0. The van der Waals surface area contributed by atoms with E-state index in [2.05, 4.69) is 30.8 Å². The van der Waals surface area contributed by atoms with Gasteiger partial charge in [-0.15, -0.1) is 0 Å². The third kappa shape index (κ3) is 5.19. The van der Waals surface area contributed by atoms with Gasteiger partial charge in [-0.25, -0.2) is 14.4 Å². The van der Waals surface area contributed by atoms with E-state index in [9.17, 15) is 18.6 Å². The molecule has 2 heterocycles. The van der Waals surface area contributed by atoms with Gasteiger partial charge in [0.25, 0.3) is 5.91 Å². The van der Waals surface area contributed by atoms with Crippen LogP contribution in [-0.2, 0) is 17.7 Å². The third-order valence-electron chi connectivity index (χ3n) is 4.88. The average Bonchev–Trinajstić information content (AvgIpc) is 3.21. The second-order valence-electron chi connectivity index (χ2n) is 7.35. The van der Waals surface area contributed by atoms with E-state index in [1.165, 1.54) is 31.2 Å². The van der Waals surface area contributed by atoms with Gasteiger partial charge in [0.1, 0.15) is 23.2 Å². The first kappa shape index (κ1) is 22.8. The van der Waals surface area contributed by atoms with E-state index in [0.29, 0.717) is 34.3 Å². The average molecular weight is 489 g/mol. The highest BCUT2D eigenvalue weighted by Crippen LogP contribution is 2.33. The first-order valence-corrected chi connectivity index (χ1v) is 12.3. The van der Waals surface area contributed by atoms with E-state index in [1.54, 1.807) is 24.3 Å². The molecule has 0 fully saturated rings. The highest BCUT2D eigenvalue weighted by molar-refractivity contribution is 7.65. The van der Waals surface area contributed by atoms with Gasteiger partial charge < -0.3 is 15.5 Å². The van der Waals surface area contributed by atoms with Crippen LogP contribution in [0.15, 0.2) is 48.8 Å². The maximum Gasteiger partial charge on any atom is 0.272 e. The molecule has 0 saturated carbocycles. The number of rotatable bonds is 7. The topological polar surface area (TPSA) is 133 Å². The summed E-state index contributed by atoms with van der Waals surface area (Å²) in [7, 11) is -3.30. The van der Waals surface area contributed by atoms with Crippen molar-refractivity contribution in [2.75, 3.05) is 12.0 Å². The van der Waals surface area contributed by atoms with Gasteiger partial charge in [-0.05, 0) is 35.4 Å². The Hall–Kier alpha value is -3.33. The Morgan fingerprint density at radius 2 is 1.88 bits per heavy atom. The number of anilines is 1. The predicted octanol–water partition coefficient (Wildman–Crippen LogP) is 3.21. The third-order valence-corrected chi connectivity index (χ3v) is 6.42. The fourth-order valence-corrected chi connectivity index (χ4v) is 4.03. The molecule has 2 aromatic carbocycles. The second kappa shape index (κ2) is 9.27. The number of halogens is 2. The Morgan fingerprint density at radius 3 is 2.58 bits per heavy atom. The minimum atomic E-state index is -3.30. The summed E-state index contributed by atoms with van der Waals surface area (Å²) >= 11 is 5.78. The summed E-state index contributed by atoms with van der Waals surface area (Å²) in [4.78, 5) is 30.6. The quantitative estimate of drug-likeness (QED) is 0.293. The number of carbonyl (C=O) groups excluding carboxylic acids is 1. The molecular weight excluding hydrogens is 470 g/mol. The number of fused-ring (bicyclic) bond motifs is 1. The molecule has 1 unspecified atom stereocenters. The molecule has 0 saturated heterocycles. The van der Waals surface area contributed by atoms with Gasteiger partial charge in [0.05, 0.1) is 5.02 Å². The van der Waals surface area contributed by atoms with Crippen LogP contribution in [0.2, 0.25) is 5.02 Å². The molecule has 170 valence electrons. The molecular formula is C21H19ClFN6O3P. The lowest BCUT2D eigenvalue weighted by Gasteiger charge is -2.08. The number of carbonyl (C=O) groups is 1. The lowest BCUT2D eigenvalue weighted by molar-refractivity contribution is 0.0947. The molecule has 0 aliphatic rings. The van der Waals surface area contributed by atoms with Crippen LogP contribution in [0.25, 0.3) is 11.0 Å². The summed E-state index contributed by atoms with van der Waals surface area (Å²) in [6.07, 6.45) is 1.27. The number of nitrogens with one attached hydrogen (secondary N) is 3. The largest absolute Gasteiger partial charge is 0.363 e. The minimum absolute atomic E-state index is 0.0230. The lowest BCUT2D eigenvalue weighted by Crippen LogP contribution is -2.24. The smallest absolute Gasteiger partial charge is 0.272 e. The van der Waals surface area contributed by atoms with E-state index in [1.807, 2.05) is 0 Å². The molecule has 1 atom stereocenters. The second-order valence-corrected chi connectivity index (χ2v) is 10.0. The van der Waals surface area contributed by atoms with E-state index in [0.717, 1.165) is 5.56 Å². The van der Waals surface area contributed by atoms with Gasteiger partial charge in [-0.1, -0.05) is 29.8 Å². The number of aromatic amines is 1. The summed E-state index contributed by atoms with van der Waals surface area (Å²) in [5, 5.41) is 13.2. The molecule has 12 heteroatoms. The number of hydrogen-bond acceptors (Lipinski definition) is 6. The Bertz CT molecular complexity index is 1370. The number of aromatic nitrogens is 4. The number of H-pyrrole nitrogens is 1. The summed E-state index contributed by atoms with van der Waals surface area (Å²) in [6.45, 7) is 1.81. The zero-order valence-electron chi connectivity index (χ0n) is 17.3. The monoisotopic (exact) mass is 488 g/mol. The molecule has 9 nitrogen and oxygen atoms in total. The zero-order valence-corrected chi connectivity index (χ0v) is 19.0. The van der Waals surface area contributed by atoms with Crippen molar-refractivity contribution in [3.8, 4) is 0 Å². The van der Waals surface area contributed by atoms with Gasteiger partial charge in [0.2, 0.25) is 7.37 Å². The van der Waals surface area contributed by atoms with Gasteiger partial charge in [-0.2, -0.15) is 5.10 Å². The molecule has 0 aliphatic carbocycles. The Labute approximate surface area is 192 Å². The van der Waals surface area contributed by atoms with E-state index in [4.69, 9.17) is 11.6 Å². The van der Waals surface area contributed by atoms with Crippen molar-refractivity contribution in [2.45, 2.75) is 13.1 Å². The van der Waals surface area contributed by atoms with E-state index < -0.39 is 19.1 Å². The van der Waals surface area contributed by atoms with E-state index in [-0.39, 0.29) is 17.3 Å².